The van der Waals surface area contributed by atoms with Crippen LogP contribution in [0.3, 0.4) is 0 Å². The van der Waals surface area contributed by atoms with Crippen LogP contribution in [0.25, 0.3) is 0 Å². The zero-order valence-electron chi connectivity index (χ0n) is 10.4. The second-order valence-corrected chi connectivity index (χ2v) is 10.2. The van der Waals surface area contributed by atoms with Gasteiger partial charge in [-0.1, -0.05) is 0 Å². The number of likely N-dealkylation sites (tertiary alicyclic amines) is 1. The quantitative estimate of drug-likeness (QED) is 0.506. The summed E-state index contributed by atoms with van der Waals surface area (Å²) in [6, 6.07) is -0.410. The molecular formula is C10H14BBrHgNO4. The molecule has 1 rings (SSSR count). The molecule has 0 saturated carbocycles. The van der Waals surface area contributed by atoms with Crippen molar-refractivity contribution in [1.82, 2.24) is 4.90 Å². The van der Waals surface area contributed by atoms with E-state index in [1.807, 2.05) is 0 Å². The van der Waals surface area contributed by atoms with Gasteiger partial charge in [-0.05, 0) is 0 Å². The van der Waals surface area contributed by atoms with E-state index in [1.54, 1.807) is 4.90 Å². The van der Waals surface area contributed by atoms with Gasteiger partial charge in [0.05, 0.1) is 0 Å². The average Bonchev–Trinajstić information content (AvgIpc) is 2.77. The first-order chi connectivity index (χ1) is 8.56. The first kappa shape index (κ1) is 16.1. The number of carbonyl (C=O) groups excluding carboxylic acids is 3. The predicted molar refractivity (Wildman–Crippen MR) is 65.6 cm³/mol. The van der Waals surface area contributed by atoms with Gasteiger partial charge in [0.15, 0.2) is 0 Å². The van der Waals surface area contributed by atoms with E-state index in [1.165, 1.54) is 14.2 Å². The van der Waals surface area contributed by atoms with Crippen LogP contribution in [0.15, 0.2) is 0 Å². The Morgan fingerprint density at radius 3 is 2.83 bits per heavy atom. The maximum absolute atomic E-state index is 11.9. The van der Waals surface area contributed by atoms with Crippen molar-refractivity contribution in [3.8, 4) is 0 Å². The van der Waals surface area contributed by atoms with Gasteiger partial charge in [-0.15, -0.1) is 0 Å². The summed E-state index contributed by atoms with van der Waals surface area (Å²) in [5.41, 5.74) is -0.0333. The summed E-state index contributed by atoms with van der Waals surface area (Å²) >= 11 is 1.61. The van der Waals surface area contributed by atoms with Gasteiger partial charge in [0, 0.05) is 0 Å². The Morgan fingerprint density at radius 1 is 1.50 bits per heavy atom. The molecule has 1 saturated heterocycles. The average molecular weight is 504 g/mol. The van der Waals surface area contributed by atoms with Crippen molar-refractivity contribution in [3.63, 3.8) is 0 Å². The van der Waals surface area contributed by atoms with E-state index < -0.39 is 28.6 Å². The second kappa shape index (κ2) is 8.30. The van der Waals surface area contributed by atoms with Crippen LogP contribution >= 0.6 is 11.9 Å². The molecule has 1 heterocycles. The van der Waals surface area contributed by atoms with Crippen molar-refractivity contribution in [3.05, 3.63) is 0 Å². The third-order valence-corrected chi connectivity index (χ3v) is 6.37. The SMILES string of the molecule is CC(=O)[B]CCC(=O)N1CCCC1C(=O)[O][Hg][Br]. The van der Waals surface area contributed by atoms with Gasteiger partial charge in [0.1, 0.15) is 0 Å². The van der Waals surface area contributed by atoms with Crippen molar-refractivity contribution in [2.75, 3.05) is 6.54 Å². The minimum absolute atomic E-state index is 0.0333. The van der Waals surface area contributed by atoms with Crippen LogP contribution < -0.4 is 0 Å². The number of amides is 1. The van der Waals surface area contributed by atoms with Crippen molar-refractivity contribution in [2.45, 2.75) is 38.5 Å². The number of nitrogens with zero attached hydrogens (tertiary/aromatic N) is 1. The molecule has 95 valence electrons. The number of hydrogen-bond donors (Lipinski definition) is 0. The molecule has 1 aliphatic rings. The van der Waals surface area contributed by atoms with Crippen LogP contribution in [0.2, 0.25) is 6.32 Å². The molecule has 1 amide bonds. The Balaban J connectivity index is 2.45. The van der Waals surface area contributed by atoms with Crippen LogP contribution in [0, 0.1) is 0 Å². The first-order valence-electron chi connectivity index (χ1n) is 5.92. The van der Waals surface area contributed by atoms with Crippen LogP contribution in [0.1, 0.15) is 26.2 Å². The van der Waals surface area contributed by atoms with Crippen LogP contribution in [-0.4, -0.2) is 42.3 Å². The summed E-state index contributed by atoms with van der Waals surface area (Å²) in [4.78, 5) is 36.0. The summed E-state index contributed by atoms with van der Waals surface area (Å²) < 4.78 is 5.09. The Bertz CT molecular complexity index is 342. The van der Waals surface area contributed by atoms with Crippen LogP contribution in [-0.2, 0) is 39.6 Å². The van der Waals surface area contributed by atoms with E-state index in [0.29, 0.717) is 19.3 Å². The molecule has 0 spiro atoms. The normalized spacial score (nSPS) is 18.1. The number of halogens is 1. The Labute approximate surface area is 126 Å². The van der Waals surface area contributed by atoms with E-state index in [9.17, 15) is 14.4 Å². The molecule has 0 aliphatic carbocycles. The molecule has 0 N–H and O–H groups in total. The summed E-state index contributed by atoms with van der Waals surface area (Å²) in [5.74, 6) is -0.340. The molecule has 18 heavy (non-hydrogen) atoms. The fraction of sp³-hybridized carbons (Fsp3) is 0.700. The monoisotopic (exact) mass is 504 g/mol. The van der Waals surface area contributed by atoms with E-state index in [-0.39, 0.29) is 24.0 Å². The fourth-order valence-electron chi connectivity index (χ4n) is 2.00. The molecule has 0 bridgehead atoms. The molecule has 1 radical (unpaired) electrons. The number of carbonyl (C=O) groups is 3. The molecule has 0 aromatic rings. The zero-order valence-corrected chi connectivity index (χ0v) is 17.4. The second-order valence-electron chi connectivity index (χ2n) is 4.17. The number of rotatable bonds is 6. The van der Waals surface area contributed by atoms with Crippen molar-refractivity contribution >= 4 is 36.7 Å². The fourth-order valence-corrected chi connectivity index (χ4v) is 5.15. The van der Waals surface area contributed by atoms with E-state index >= 15 is 0 Å². The van der Waals surface area contributed by atoms with Crippen molar-refractivity contribution in [1.29, 1.82) is 0 Å². The molecule has 1 fully saturated rings. The summed E-state index contributed by atoms with van der Waals surface area (Å²) in [6.07, 6.45) is 2.23. The van der Waals surface area contributed by atoms with E-state index in [0.717, 1.165) is 6.42 Å². The molecule has 0 aromatic carbocycles. The third-order valence-electron chi connectivity index (χ3n) is 2.83. The molecular weight excluding hydrogens is 489 g/mol. The van der Waals surface area contributed by atoms with Crippen molar-refractivity contribution < 1.29 is 39.6 Å². The summed E-state index contributed by atoms with van der Waals surface area (Å²) in [7, 11) is 1.50. The van der Waals surface area contributed by atoms with Crippen molar-refractivity contribution in [2.24, 2.45) is 0 Å². The van der Waals surface area contributed by atoms with Crippen LogP contribution in [0.4, 0.5) is 0 Å². The standard InChI is InChI=1S/C10H15BNO4.BrH.Hg/c1-7(13)11-5-4-9(14)12-6-2-3-8(12)10(15)16;;/h8H,2-6H2,1H3,(H,15,16);1H;/q;;+2/p-2. The van der Waals surface area contributed by atoms with Gasteiger partial charge in [-0.2, -0.15) is 0 Å². The summed E-state index contributed by atoms with van der Waals surface area (Å²) in [6.45, 7) is 2.07. The third kappa shape index (κ3) is 4.99. The minimum atomic E-state index is -1.63. The van der Waals surface area contributed by atoms with Gasteiger partial charge >= 0.3 is 126 Å². The molecule has 8 heteroatoms. The topological polar surface area (TPSA) is 63.7 Å². The molecule has 5 nitrogen and oxygen atoms in total. The molecule has 0 aromatic heterocycles. The van der Waals surface area contributed by atoms with E-state index in [4.69, 9.17) is 2.64 Å². The molecule has 1 unspecified atom stereocenters. The maximum atomic E-state index is 11.9. The Hall–Kier alpha value is 0.0900. The van der Waals surface area contributed by atoms with Gasteiger partial charge in [-0.25, -0.2) is 0 Å². The Morgan fingerprint density at radius 2 is 2.22 bits per heavy atom. The first-order valence-corrected chi connectivity index (χ1v) is 20.1. The molecule has 1 aliphatic heterocycles. The van der Waals surface area contributed by atoms with Gasteiger partial charge in [0.2, 0.25) is 0 Å². The molecule has 1 atom stereocenters. The van der Waals surface area contributed by atoms with Gasteiger partial charge in [-0.3, -0.25) is 0 Å². The van der Waals surface area contributed by atoms with Gasteiger partial charge < -0.3 is 0 Å². The Kier molecular flexibility index (Phi) is 7.44. The zero-order chi connectivity index (χ0) is 13.5. The number of hydrogen-bond acceptors (Lipinski definition) is 4. The van der Waals surface area contributed by atoms with Crippen LogP contribution in [0.5, 0.6) is 0 Å². The summed E-state index contributed by atoms with van der Waals surface area (Å²) in [5, 5.41) is 0. The predicted octanol–water partition coefficient (Wildman–Crippen LogP) is 0.887. The van der Waals surface area contributed by atoms with E-state index in [2.05, 4.69) is 11.9 Å². The van der Waals surface area contributed by atoms with Gasteiger partial charge in [0.25, 0.3) is 0 Å².